The Kier molecular flexibility index (Phi) is 9.68. The summed E-state index contributed by atoms with van der Waals surface area (Å²) >= 11 is 18.8. The first kappa shape index (κ1) is 12.8. The second kappa shape index (κ2) is 8.35. The van der Waals surface area contributed by atoms with Gasteiger partial charge < -0.3 is 0 Å². The molecule has 11 heavy (non-hydrogen) atoms. The molecule has 0 amide bonds. The van der Waals surface area contributed by atoms with Gasteiger partial charge in [-0.15, -0.1) is 0 Å². The van der Waals surface area contributed by atoms with Gasteiger partial charge in [-0.25, -0.2) is 0 Å². The lowest BCUT2D eigenvalue weighted by molar-refractivity contribution is 1.10. The lowest BCUT2D eigenvalue weighted by atomic mass is 10.5. The van der Waals surface area contributed by atoms with Gasteiger partial charge >= 0.3 is 0 Å². The molecule has 0 bridgehead atoms. The number of thiol groups is 4. The number of thioether (sulfide) groups is 1. The van der Waals surface area contributed by atoms with Crippen molar-refractivity contribution >= 4 is 62.3 Å². The largest absolute Gasteiger partial charge is 0.178 e. The zero-order chi connectivity index (χ0) is 8.69. The molecule has 0 aliphatic heterocycles. The average Bonchev–Trinajstić information content (AvgIpc) is 2.07. The summed E-state index contributed by atoms with van der Waals surface area (Å²) in [7, 11) is 0. The summed E-state index contributed by atoms with van der Waals surface area (Å²) in [6.07, 6.45) is 0. The molecule has 0 spiro atoms. The zero-order valence-corrected chi connectivity index (χ0v) is 10.6. The van der Waals surface area contributed by atoms with E-state index in [0.29, 0.717) is 10.5 Å². The van der Waals surface area contributed by atoms with E-state index in [0.717, 1.165) is 23.0 Å². The second-order valence-corrected chi connectivity index (χ2v) is 5.18. The molecule has 0 nitrogen and oxygen atoms in total. The summed E-state index contributed by atoms with van der Waals surface area (Å²) in [5, 5.41) is 1.07. The van der Waals surface area contributed by atoms with Crippen LogP contribution in [0, 0.1) is 0 Å². The van der Waals surface area contributed by atoms with E-state index in [1.54, 1.807) is 0 Å². The average molecular weight is 247 g/mol. The van der Waals surface area contributed by atoms with Crippen LogP contribution < -0.4 is 0 Å². The highest BCUT2D eigenvalue weighted by Crippen LogP contribution is 2.21. The first-order valence-electron chi connectivity index (χ1n) is 3.37. The van der Waals surface area contributed by atoms with E-state index in [1.165, 1.54) is 0 Å². The molecule has 0 aromatic heterocycles. The first-order valence-corrected chi connectivity index (χ1v) is 6.84. The Hall–Kier alpha value is 1.75. The molecule has 5 heteroatoms. The second-order valence-electron chi connectivity index (χ2n) is 2.11. The molecule has 0 rings (SSSR count). The molecule has 0 aliphatic rings. The minimum absolute atomic E-state index is 0.533. The van der Waals surface area contributed by atoms with Crippen LogP contribution in [0.3, 0.4) is 0 Å². The third-order valence-corrected chi connectivity index (χ3v) is 5.39. The van der Waals surface area contributed by atoms with Crippen LogP contribution >= 0.6 is 62.3 Å². The van der Waals surface area contributed by atoms with E-state index in [4.69, 9.17) is 0 Å². The minimum Gasteiger partial charge on any atom is -0.178 e. The zero-order valence-electron chi connectivity index (χ0n) is 6.18. The van der Waals surface area contributed by atoms with Crippen molar-refractivity contribution in [2.45, 2.75) is 10.5 Å². The van der Waals surface area contributed by atoms with E-state index in [-0.39, 0.29) is 0 Å². The highest BCUT2D eigenvalue weighted by molar-refractivity contribution is 8.03. The van der Waals surface area contributed by atoms with Crippen LogP contribution in [0.2, 0.25) is 0 Å². The van der Waals surface area contributed by atoms with Gasteiger partial charge in [0, 0.05) is 33.5 Å². The van der Waals surface area contributed by atoms with Crippen molar-refractivity contribution in [2.24, 2.45) is 0 Å². The quantitative estimate of drug-likeness (QED) is 0.521. The van der Waals surface area contributed by atoms with E-state index in [1.807, 2.05) is 11.8 Å². The fourth-order valence-corrected chi connectivity index (χ4v) is 3.40. The summed E-state index contributed by atoms with van der Waals surface area (Å²) in [5.41, 5.74) is 0. The van der Waals surface area contributed by atoms with E-state index < -0.39 is 0 Å². The van der Waals surface area contributed by atoms with Crippen molar-refractivity contribution in [1.29, 1.82) is 0 Å². The van der Waals surface area contributed by atoms with Gasteiger partial charge in [0.2, 0.25) is 0 Å². The summed E-state index contributed by atoms with van der Waals surface area (Å²) < 4.78 is 0. The summed E-state index contributed by atoms with van der Waals surface area (Å²) in [4.78, 5) is 0. The van der Waals surface area contributed by atoms with E-state index in [9.17, 15) is 0 Å². The normalized spacial score (nSPS) is 11.5. The Labute approximate surface area is 95.3 Å². The van der Waals surface area contributed by atoms with E-state index in [2.05, 4.69) is 50.5 Å². The van der Waals surface area contributed by atoms with Gasteiger partial charge in [-0.3, -0.25) is 0 Å². The minimum atomic E-state index is 0.533. The van der Waals surface area contributed by atoms with Crippen LogP contribution in [0.1, 0.15) is 0 Å². The lowest BCUT2D eigenvalue weighted by Gasteiger charge is -2.17. The van der Waals surface area contributed by atoms with Gasteiger partial charge in [0.05, 0.1) is 0 Å². The summed E-state index contributed by atoms with van der Waals surface area (Å²) in [6.45, 7) is 0. The van der Waals surface area contributed by atoms with Crippen LogP contribution in [-0.4, -0.2) is 33.5 Å². The Morgan fingerprint density at radius 3 is 1.18 bits per heavy atom. The van der Waals surface area contributed by atoms with Gasteiger partial charge in [-0.2, -0.15) is 62.3 Å². The predicted molar refractivity (Wildman–Crippen MR) is 70.6 cm³/mol. The van der Waals surface area contributed by atoms with Crippen LogP contribution in [0.15, 0.2) is 0 Å². The third kappa shape index (κ3) is 5.91. The van der Waals surface area contributed by atoms with Crippen molar-refractivity contribution in [3.8, 4) is 0 Å². The van der Waals surface area contributed by atoms with Gasteiger partial charge in [0.15, 0.2) is 0 Å². The van der Waals surface area contributed by atoms with Crippen molar-refractivity contribution < 1.29 is 0 Å². The van der Waals surface area contributed by atoms with Crippen LogP contribution in [0.5, 0.6) is 0 Å². The highest BCUT2D eigenvalue weighted by Gasteiger charge is 2.11. The van der Waals surface area contributed by atoms with Crippen LogP contribution in [0.4, 0.5) is 0 Å². The standard InChI is InChI=1S/C6H14S5/c7-1-5(2-8)11-6(3-9)4-10/h5-10H,1-4H2. The number of hydrogen-bond acceptors (Lipinski definition) is 5. The number of rotatable bonds is 6. The Morgan fingerprint density at radius 2 is 1.00 bits per heavy atom. The highest BCUT2D eigenvalue weighted by atomic mass is 32.2. The Morgan fingerprint density at radius 1 is 0.727 bits per heavy atom. The molecule has 0 aliphatic carbocycles. The molecule has 0 saturated heterocycles. The maximum atomic E-state index is 4.23. The van der Waals surface area contributed by atoms with Crippen molar-refractivity contribution in [3.05, 3.63) is 0 Å². The first-order chi connectivity index (χ1) is 5.28. The SMILES string of the molecule is SCC(CS)SC(CS)CS. The van der Waals surface area contributed by atoms with Gasteiger partial charge in [0.25, 0.3) is 0 Å². The molecule has 68 valence electrons. The molecule has 0 atom stereocenters. The molecule has 0 radical (unpaired) electrons. The van der Waals surface area contributed by atoms with Crippen LogP contribution in [0.25, 0.3) is 0 Å². The van der Waals surface area contributed by atoms with Crippen LogP contribution in [-0.2, 0) is 0 Å². The Bertz CT molecular complexity index is 69.0. The van der Waals surface area contributed by atoms with Gasteiger partial charge in [-0.05, 0) is 0 Å². The van der Waals surface area contributed by atoms with Crippen molar-refractivity contribution in [2.75, 3.05) is 23.0 Å². The molecule has 0 saturated carbocycles. The predicted octanol–water partition coefficient (Wildman–Crippen LogP) is 2.18. The summed E-state index contributed by atoms with van der Waals surface area (Å²) in [5.74, 6) is 3.52. The van der Waals surface area contributed by atoms with E-state index >= 15 is 0 Å². The maximum Gasteiger partial charge on any atom is 0.0227 e. The molecule has 0 N–H and O–H groups in total. The lowest BCUT2D eigenvalue weighted by Crippen LogP contribution is -2.16. The summed E-state index contributed by atoms with van der Waals surface area (Å²) in [6, 6.07) is 0. The third-order valence-electron chi connectivity index (χ3n) is 1.20. The van der Waals surface area contributed by atoms with Crippen molar-refractivity contribution in [1.82, 2.24) is 0 Å². The molecule has 0 aromatic rings. The molecule has 0 unspecified atom stereocenters. The fraction of sp³-hybridized carbons (Fsp3) is 1.00. The van der Waals surface area contributed by atoms with Gasteiger partial charge in [-0.1, -0.05) is 0 Å². The fourth-order valence-electron chi connectivity index (χ4n) is 0.560. The maximum absolute atomic E-state index is 4.23. The monoisotopic (exact) mass is 246 g/mol. The van der Waals surface area contributed by atoms with Crippen molar-refractivity contribution in [3.63, 3.8) is 0 Å². The molecule has 0 aromatic carbocycles. The molecular weight excluding hydrogens is 232 g/mol. The van der Waals surface area contributed by atoms with Gasteiger partial charge in [0.1, 0.15) is 0 Å². The molecule has 0 fully saturated rings. The Balaban J connectivity index is 3.58. The topological polar surface area (TPSA) is 0 Å². The molecule has 0 heterocycles. The smallest absolute Gasteiger partial charge is 0.0227 e. The number of hydrogen-bond donors (Lipinski definition) is 4. The molecular formula is C6H14S5.